The predicted octanol–water partition coefficient (Wildman–Crippen LogP) is 1.40. The standard InChI is InChI=1S/C10H16N2S/c1-12(7-10-4-11-5-10)6-9-2-3-13-8-9/h2-3,8,10-11H,4-7H2,1H3. The molecule has 0 spiro atoms. The average Bonchev–Trinajstić information content (AvgIpc) is 2.49. The van der Waals surface area contributed by atoms with Gasteiger partial charge in [-0.05, 0) is 35.4 Å². The molecule has 3 heteroatoms. The molecule has 0 unspecified atom stereocenters. The van der Waals surface area contributed by atoms with Crippen LogP contribution in [0.1, 0.15) is 5.56 Å². The average molecular weight is 196 g/mol. The quantitative estimate of drug-likeness (QED) is 0.783. The van der Waals surface area contributed by atoms with Crippen LogP contribution >= 0.6 is 11.3 Å². The van der Waals surface area contributed by atoms with Gasteiger partial charge in [-0.1, -0.05) is 0 Å². The first-order chi connectivity index (χ1) is 6.34. The monoisotopic (exact) mass is 196 g/mol. The van der Waals surface area contributed by atoms with Gasteiger partial charge in [-0.3, -0.25) is 0 Å². The maximum absolute atomic E-state index is 3.30. The molecule has 0 atom stereocenters. The second-order valence-corrected chi connectivity index (χ2v) is 4.63. The highest BCUT2D eigenvalue weighted by atomic mass is 32.1. The summed E-state index contributed by atoms with van der Waals surface area (Å²) in [5, 5.41) is 7.68. The fourth-order valence-corrected chi connectivity index (χ4v) is 2.34. The Morgan fingerprint density at radius 2 is 2.46 bits per heavy atom. The molecule has 1 N–H and O–H groups in total. The van der Waals surface area contributed by atoms with E-state index in [-0.39, 0.29) is 0 Å². The molecule has 72 valence electrons. The van der Waals surface area contributed by atoms with Crippen molar-refractivity contribution in [3.05, 3.63) is 22.4 Å². The Kier molecular flexibility index (Phi) is 2.98. The van der Waals surface area contributed by atoms with Gasteiger partial charge in [0, 0.05) is 26.2 Å². The van der Waals surface area contributed by atoms with Crippen molar-refractivity contribution in [1.82, 2.24) is 10.2 Å². The molecule has 1 fully saturated rings. The second-order valence-electron chi connectivity index (χ2n) is 3.85. The zero-order valence-electron chi connectivity index (χ0n) is 7.99. The van der Waals surface area contributed by atoms with E-state index in [0.29, 0.717) is 0 Å². The highest BCUT2D eigenvalue weighted by Crippen LogP contribution is 2.11. The van der Waals surface area contributed by atoms with E-state index < -0.39 is 0 Å². The highest BCUT2D eigenvalue weighted by Gasteiger charge is 2.18. The van der Waals surface area contributed by atoms with Crippen molar-refractivity contribution in [3.8, 4) is 0 Å². The van der Waals surface area contributed by atoms with Crippen molar-refractivity contribution in [3.63, 3.8) is 0 Å². The zero-order valence-corrected chi connectivity index (χ0v) is 8.81. The molecule has 2 rings (SSSR count). The molecule has 1 aliphatic rings. The Bertz CT molecular complexity index is 241. The fraction of sp³-hybridized carbons (Fsp3) is 0.600. The van der Waals surface area contributed by atoms with Crippen LogP contribution in [-0.4, -0.2) is 31.6 Å². The third kappa shape index (κ3) is 2.53. The Balaban J connectivity index is 1.74. The van der Waals surface area contributed by atoms with Crippen LogP contribution < -0.4 is 5.32 Å². The lowest BCUT2D eigenvalue weighted by Crippen LogP contribution is -2.47. The first kappa shape index (κ1) is 9.19. The smallest absolute Gasteiger partial charge is 0.0239 e. The van der Waals surface area contributed by atoms with Gasteiger partial charge in [0.05, 0.1) is 0 Å². The molecular formula is C10H16N2S. The summed E-state index contributed by atoms with van der Waals surface area (Å²) in [6.07, 6.45) is 0. The summed E-state index contributed by atoms with van der Waals surface area (Å²) in [4.78, 5) is 2.41. The van der Waals surface area contributed by atoms with Gasteiger partial charge < -0.3 is 10.2 Å². The van der Waals surface area contributed by atoms with E-state index in [1.54, 1.807) is 11.3 Å². The van der Waals surface area contributed by atoms with Crippen molar-refractivity contribution in [1.29, 1.82) is 0 Å². The molecule has 1 aliphatic heterocycles. The Hall–Kier alpha value is -0.380. The lowest BCUT2D eigenvalue weighted by Gasteiger charge is -2.31. The molecule has 1 aromatic heterocycles. The van der Waals surface area contributed by atoms with Gasteiger partial charge in [-0.25, -0.2) is 0 Å². The van der Waals surface area contributed by atoms with Gasteiger partial charge >= 0.3 is 0 Å². The van der Waals surface area contributed by atoms with Crippen LogP contribution in [-0.2, 0) is 6.54 Å². The fourth-order valence-electron chi connectivity index (χ4n) is 1.68. The van der Waals surface area contributed by atoms with Crippen LogP contribution in [0.5, 0.6) is 0 Å². The number of nitrogens with zero attached hydrogens (tertiary/aromatic N) is 1. The van der Waals surface area contributed by atoms with Crippen molar-refractivity contribution < 1.29 is 0 Å². The summed E-state index contributed by atoms with van der Waals surface area (Å²) in [6.45, 7) is 4.73. The third-order valence-corrected chi connectivity index (χ3v) is 3.20. The SMILES string of the molecule is CN(Cc1ccsc1)CC1CNC1. The van der Waals surface area contributed by atoms with Crippen molar-refractivity contribution in [2.24, 2.45) is 5.92 Å². The minimum absolute atomic E-state index is 0.878. The summed E-state index contributed by atoms with van der Waals surface area (Å²) in [7, 11) is 2.20. The van der Waals surface area contributed by atoms with Crippen molar-refractivity contribution >= 4 is 11.3 Å². The van der Waals surface area contributed by atoms with Gasteiger partial charge in [-0.15, -0.1) is 0 Å². The number of rotatable bonds is 4. The molecule has 2 nitrogen and oxygen atoms in total. The van der Waals surface area contributed by atoms with E-state index >= 15 is 0 Å². The molecular weight excluding hydrogens is 180 g/mol. The molecule has 0 radical (unpaired) electrons. The third-order valence-electron chi connectivity index (χ3n) is 2.47. The van der Waals surface area contributed by atoms with Crippen molar-refractivity contribution in [2.75, 3.05) is 26.7 Å². The minimum Gasteiger partial charge on any atom is -0.316 e. The van der Waals surface area contributed by atoms with E-state index in [4.69, 9.17) is 0 Å². The van der Waals surface area contributed by atoms with E-state index in [1.165, 1.54) is 25.2 Å². The summed E-state index contributed by atoms with van der Waals surface area (Å²) in [6, 6.07) is 2.21. The van der Waals surface area contributed by atoms with E-state index in [2.05, 4.69) is 34.1 Å². The summed E-state index contributed by atoms with van der Waals surface area (Å²) >= 11 is 1.78. The van der Waals surface area contributed by atoms with E-state index in [9.17, 15) is 0 Å². The van der Waals surface area contributed by atoms with Crippen molar-refractivity contribution in [2.45, 2.75) is 6.54 Å². The van der Waals surface area contributed by atoms with Gasteiger partial charge in [0.2, 0.25) is 0 Å². The number of thiophene rings is 1. The Morgan fingerprint density at radius 3 is 3.00 bits per heavy atom. The second kappa shape index (κ2) is 4.22. The lowest BCUT2D eigenvalue weighted by molar-refractivity contribution is 0.219. The molecule has 0 saturated carbocycles. The van der Waals surface area contributed by atoms with E-state index in [0.717, 1.165) is 12.5 Å². The first-order valence-electron chi connectivity index (χ1n) is 4.75. The number of hydrogen-bond acceptors (Lipinski definition) is 3. The predicted molar refractivity (Wildman–Crippen MR) is 57.0 cm³/mol. The molecule has 1 aromatic rings. The zero-order chi connectivity index (χ0) is 9.10. The highest BCUT2D eigenvalue weighted by molar-refractivity contribution is 7.07. The lowest BCUT2D eigenvalue weighted by atomic mass is 10.0. The molecule has 13 heavy (non-hydrogen) atoms. The van der Waals surface area contributed by atoms with Gasteiger partial charge in [0.1, 0.15) is 0 Å². The van der Waals surface area contributed by atoms with Crippen LogP contribution in [0.25, 0.3) is 0 Å². The first-order valence-corrected chi connectivity index (χ1v) is 5.69. The minimum atomic E-state index is 0.878. The number of nitrogens with one attached hydrogen (secondary N) is 1. The van der Waals surface area contributed by atoms with Gasteiger partial charge in [0.25, 0.3) is 0 Å². The van der Waals surface area contributed by atoms with Crippen LogP contribution in [0.15, 0.2) is 16.8 Å². The molecule has 0 bridgehead atoms. The summed E-state index contributed by atoms with van der Waals surface area (Å²) in [5.74, 6) is 0.878. The summed E-state index contributed by atoms with van der Waals surface area (Å²) in [5.41, 5.74) is 1.44. The maximum atomic E-state index is 3.30. The Morgan fingerprint density at radius 1 is 1.62 bits per heavy atom. The van der Waals surface area contributed by atoms with Crippen LogP contribution in [0, 0.1) is 5.92 Å². The van der Waals surface area contributed by atoms with Gasteiger partial charge in [0.15, 0.2) is 0 Å². The molecule has 0 aromatic carbocycles. The van der Waals surface area contributed by atoms with Crippen LogP contribution in [0.2, 0.25) is 0 Å². The normalized spacial score (nSPS) is 17.7. The summed E-state index contributed by atoms with van der Waals surface area (Å²) < 4.78 is 0. The van der Waals surface area contributed by atoms with Crippen LogP contribution in [0.4, 0.5) is 0 Å². The topological polar surface area (TPSA) is 15.3 Å². The van der Waals surface area contributed by atoms with Gasteiger partial charge in [-0.2, -0.15) is 11.3 Å². The molecule has 1 saturated heterocycles. The molecule has 0 aliphatic carbocycles. The number of hydrogen-bond donors (Lipinski definition) is 1. The Labute approximate surface area is 83.6 Å². The van der Waals surface area contributed by atoms with E-state index in [1.807, 2.05) is 0 Å². The van der Waals surface area contributed by atoms with Crippen LogP contribution in [0.3, 0.4) is 0 Å². The largest absolute Gasteiger partial charge is 0.316 e. The molecule has 0 amide bonds. The maximum Gasteiger partial charge on any atom is 0.0239 e. The molecule has 2 heterocycles.